The van der Waals surface area contributed by atoms with Crippen molar-refractivity contribution in [2.24, 2.45) is 0 Å². The minimum absolute atomic E-state index is 0.0421. The maximum absolute atomic E-state index is 13.2. The summed E-state index contributed by atoms with van der Waals surface area (Å²) in [7, 11) is 0. The van der Waals surface area contributed by atoms with Crippen molar-refractivity contribution in [1.82, 2.24) is 19.6 Å². The van der Waals surface area contributed by atoms with Crippen LogP contribution >= 0.6 is 0 Å². The normalized spacial score (nSPS) is 11.7. The van der Waals surface area contributed by atoms with Crippen LogP contribution in [0.15, 0.2) is 35.3 Å². The lowest BCUT2D eigenvalue weighted by Crippen LogP contribution is -2.34. The largest absolute Gasteiger partial charge is 0.462 e. The van der Waals surface area contributed by atoms with E-state index < -0.39 is 17.4 Å². The Kier molecular flexibility index (Phi) is 6.47. The summed E-state index contributed by atoms with van der Waals surface area (Å²) in [6.45, 7) is 11.6. The minimum atomic E-state index is -0.425. The molecule has 1 N–H and O–H groups in total. The molecular formula is C23H29N5O4. The van der Waals surface area contributed by atoms with Crippen LogP contribution in [-0.4, -0.2) is 38.0 Å². The lowest BCUT2D eigenvalue weighted by atomic mass is 10.1. The maximum atomic E-state index is 13.2. The molecule has 9 nitrogen and oxygen atoms in total. The molecule has 2 aromatic heterocycles. The Morgan fingerprint density at radius 1 is 1.16 bits per heavy atom. The van der Waals surface area contributed by atoms with Crippen molar-refractivity contribution in [3.05, 3.63) is 52.1 Å². The zero-order valence-corrected chi connectivity index (χ0v) is 19.3. The molecule has 1 amide bonds. The van der Waals surface area contributed by atoms with Gasteiger partial charge in [0.2, 0.25) is 5.91 Å². The number of esters is 1. The molecule has 32 heavy (non-hydrogen) atoms. The van der Waals surface area contributed by atoms with Crippen LogP contribution in [0, 0.1) is 0 Å². The number of amides is 1. The number of anilines is 1. The van der Waals surface area contributed by atoms with Crippen molar-refractivity contribution in [2.45, 2.75) is 59.5 Å². The topological polar surface area (TPSA) is 108 Å². The van der Waals surface area contributed by atoms with E-state index in [1.165, 1.54) is 4.68 Å². The smallest absolute Gasteiger partial charge is 0.338 e. The minimum Gasteiger partial charge on any atom is -0.462 e. The van der Waals surface area contributed by atoms with Gasteiger partial charge in [-0.3, -0.25) is 14.3 Å². The number of nitrogens with one attached hydrogen (secondary N) is 1. The van der Waals surface area contributed by atoms with Crippen LogP contribution in [0.1, 0.15) is 63.5 Å². The van der Waals surface area contributed by atoms with Crippen LogP contribution < -0.4 is 10.9 Å². The third kappa shape index (κ3) is 4.71. The summed E-state index contributed by atoms with van der Waals surface area (Å²) in [5.74, 6) is -0.786. The molecule has 0 aliphatic rings. The predicted octanol–water partition coefficient (Wildman–Crippen LogP) is 3.29. The lowest BCUT2D eigenvalue weighted by molar-refractivity contribution is -0.117. The molecule has 0 atom stereocenters. The van der Waals surface area contributed by atoms with Gasteiger partial charge < -0.3 is 10.1 Å². The molecule has 0 saturated heterocycles. The molecule has 0 saturated carbocycles. The summed E-state index contributed by atoms with van der Waals surface area (Å²) in [6, 6.07) is 6.36. The van der Waals surface area contributed by atoms with Gasteiger partial charge >= 0.3 is 5.97 Å². The van der Waals surface area contributed by atoms with Crippen LogP contribution in [0.5, 0.6) is 0 Å². The molecule has 0 unspecified atom stereocenters. The summed E-state index contributed by atoms with van der Waals surface area (Å²) in [4.78, 5) is 37.6. The average Bonchev–Trinajstić information content (AvgIpc) is 3.16. The zero-order chi connectivity index (χ0) is 23.6. The summed E-state index contributed by atoms with van der Waals surface area (Å²) in [5, 5.41) is 12.3. The Labute approximate surface area is 186 Å². The standard InChI is InChI=1S/C23H29N5O4/c1-7-32-22(31)15-8-10-16(11-9-15)25-18(29)13-27-21(30)20-17(19(26-27)14(2)3)12-24-28(20)23(4,5)6/h8-12,14H,7,13H2,1-6H3,(H,25,29). The summed E-state index contributed by atoms with van der Waals surface area (Å²) in [5.41, 5.74) is 1.26. The molecule has 0 radical (unpaired) electrons. The fourth-order valence-electron chi connectivity index (χ4n) is 3.38. The van der Waals surface area contributed by atoms with Crippen molar-refractivity contribution in [1.29, 1.82) is 0 Å². The number of fused-ring (bicyclic) bond motifs is 1. The van der Waals surface area contributed by atoms with E-state index in [9.17, 15) is 14.4 Å². The van der Waals surface area contributed by atoms with Gasteiger partial charge in [0.15, 0.2) is 0 Å². The van der Waals surface area contributed by atoms with E-state index in [-0.39, 0.29) is 24.6 Å². The summed E-state index contributed by atoms with van der Waals surface area (Å²) in [6.07, 6.45) is 1.67. The fourth-order valence-corrected chi connectivity index (χ4v) is 3.38. The second kappa shape index (κ2) is 8.94. The molecule has 1 aromatic carbocycles. The Morgan fingerprint density at radius 3 is 2.38 bits per heavy atom. The van der Waals surface area contributed by atoms with Gasteiger partial charge in [-0.25, -0.2) is 9.48 Å². The van der Waals surface area contributed by atoms with Crippen molar-refractivity contribution in [3.63, 3.8) is 0 Å². The highest BCUT2D eigenvalue weighted by Gasteiger charge is 2.24. The Balaban J connectivity index is 1.90. The van der Waals surface area contributed by atoms with E-state index >= 15 is 0 Å². The third-order valence-electron chi connectivity index (χ3n) is 4.87. The molecule has 0 fully saturated rings. The Hall–Kier alpha value is -3.49. The van der Waals surface area contributed by atoms with E-state index in [0.29, 0.717) is 27.8 Å². The van der Waals surface area contributed by atoms with Crippen LogP contribution in [0.4, 0.5) is 5.69 Å². The maximum Gasteiger partial charge on any atom is 0.338 e. The highest BCUT2D eigenvalue weighted by atomic mass is 16.5. The number of hydrogen-bond acceptors (Lipinski definition) is 6. The van der Waals surface area contributed by atoms with Crippen molar-refractivity contribution < 1.29 is 14.3 Å². The summed E-state index contributed by atoms with van der Waals surface area (Å²) < 4.78 is 7.82. The second-order valence-electron chi connectivity index (χ2n) is 8.84. The highest BCUT2D eigenvalue weighted by Crippen LogP contribution is 2.24. The fraction of sp³-hybridized carbons (Fsp3) is 0.435. The quantitative estimate of drug-likeness (QED) is 0.591. The van der Waals surface area contributed by atoms with E-state index in [1.54, 1.807) is 42.1 Å². The van der Waals surface area contributed by atoms with Gasteiger partial charge in [0.25, 0.3) is 5.56 Å². The van der Waals surface area contributed by atoms with Crippen molar-refractivity contribution in [3.8, 4) is 0 Å². The molecule has 170 valence electrons. The summed E-state index contributed by atoms with van der Waals surface area (Å²) >= 11 is 0. The first-order valence-corrected chi connectivity index (χ1v) is 10.6. The van der Waals surface area contributed by atoms with Crippen LogP contribution in [0.3, 0.4) is 0 Å². The van der Waals surface area contributed by atoms with E-state index in [0.717, 1.165) is 0 Å². The van der Waals surface area contributed by atoms with Crippen LogP contribution in [0.25, 0.3) is 10.9 Å². The van der Waals surface area contributed by atoms with Gasteiger partial charge in [0.1, 0.15) is 12.1 Å². The first kappa shape index (κ1) is 23.2. The zero-order valence-electron chi connectivity index (χ0n) is 19.3. The second-order valence-corrected chi connectivity index (χ2v) is 8.84. The molecule has 3 aromatic rings. The number of nitrogens with zero attached hydrogens (tertiary/aromatic N) is 4. The number of benzene rings is 1. The number of rotatable bonds is 6. The average molecular weight is 440 g/mol. The van der Waals surface area contributed by atoms with Crippen LogP contribution in [0.2, 0.25) is 0 Å². The van der Waals surface area contributed by atoms with Crippen molar-refractivity contribution >= 4 is 28.5 Å². The number of carbonyl (C=O) groups is 2. The van der Waals surface area contributed by atoms with E-state index in [1.807, 2.05) is 34.6 Å². The predicted molar refractivity (Wildman–Crippen MR) is 122 cm³/mol. The lowest BCUT2D eigenvalue weighted by Gasteiger charge is -2.21. The molecular weight excluding hydrogens is 410 g/mol. The van der Waals surface area contributed by atoms with Crippen LogP contribution in [-0.2, 0) is 21.6 Å². The van der Waals surface area contributed by atoms with E-state index in [4.69, 9.17) is 4.74 Å². The van der Waals surface area contributed by atoms with Gasteiger partial charge in [-0.1, -0.05) is 13.8 Å². The Bertz CT molecular complexity index is 1200. The number of aromatic nitrogens is 4. The first-order valence-electron chi connectivity index (χ1n) is 10.6. The number of hydrogen-bond donors (Lipinski definition) is 1. The molecule has 9 heteroatoms. The third-order valence-corrected chi connectivity index (χ3v) is 4.87. The highest BCUT2D eigenvalue weighted by molar-refractivity contribution is 5.93. The SMILES string of the molecule is CCOC(=O)c1ccc(NC(=O)Cn2nc(C(C)C)c3cnn(C(C)(C)C)c3c2=O)cc1. The number of carbonyl (C=O) groups excluding carboxylic acids is 2. The molecule has 0 spiro atoms. The monoisotopic (exact) mass is 439 g/mol. The molecule has 0 aliphatic carbocycles. The number of ether oxygens (including phenoxy) is 1. The molecule has 2 heterocycles. The van der Waals surface area contributed by atoms with Gasteiger partial charge in [-0.05, 0) is 57.9 Å². The van der Waals surface area contributed by atoms with Gasteiger partial charge in [-0.15, -0.1) is 0 Å². The van der Waals surface area contributed by atoms with Gasteiger partial charge in [-0.2, -0.15) is 10.2 Å². The first-order chi connectivity index (χ1) is 15.0. The van der Waals surface area contributed by atoms with E-state index in [2.05, 4.69) is 15.5 Å². The molecule has 0 aliphatic heterocycles. The Morgan fingerprint density at radius 2 is 1.81 bits per heavy atom. The van der Waals surface area contributed by atoms with Crippen molar-refractivity contribution in [2.75, 3.05) is 11.9 Å². The molecule has 3 rings (SSSR count). The van der Waals surface area contributed by atoms with Gasteiger partial charge in [0, 0.05) is 11.1 Å². The van der Waals surface area contributed by atoms with Gasteiger partial charge in [0.05, 0.1) is 29.6 Å². The molecule has 0 bridgehead atoms.